The van der Waals surface area contributed by atoms with Crippen molar-refractivity contribution in [2.24, 2.45) is 28.6 Å². The van der Waals surface area contributed by atoms with Crippen molar-refractivity contribution in [3.63, 3.8) is 0 Å². The van der Waals surface area contributed by atoms with Gasteiger partial charge in [-0.3, -0.25) is 9.59 Å². The standard InChI is InChI=1S/C10H14O2.C7H14O2/c1-5-8-6-3-10(5,2)4-7(6)9(11)12-8;1-5-7(2,3)6(8)9-4/h5-8H,3-4H2,1-2H3;5H2,1-4H3. The van der Waals surface area contributed by atoms with Crippen LogP contribution in [0.4, 0.5) is 0 Å². The molecule has 0 radical (unpaired) electrons. The van der Waals surface area contributed by atoms with E-state index in [0.717, 1.165) is 12.8 Å². The number of fused-ring (bicyclic) bond motifs is 1. The predicted molar refractivity (Wildman–Crippen MR) is 79.5 cm³/mol. The van der Waals surface area contributed by atoms with Crippen molar-refractivity contribution in [2.75, 3.05) is 7.11 Å². The second-order valence-corrected chi connectivity index (χ2v) is 7.75. The van der Waals surface area contributed by atoms with Crippen LogP contribution in [0.25, 0.3) is 0 Å². The van der Waals surface area contributed by atoms with Gasteiger partial charge < -0.3 is 9.47 Å². The molecular weight excluding hydrogens is 268 g/mol. The molecule has 0 spiro atoms. The fraction of sp³-hybridized carbons (Fsp3) is 0.882. The van der Waals surface area contributed by atoms with Gasteiger partial charge in [0.15, 0.2) is 0 Å². The third-order valence-corrected chi connectivity index (χ3v) is 6.10. The average Bonchev–Trinajstić information content (AvgIpc) is 2.99. The largest absolute Gasteiger partial charge is 0.469 e. The summed E-state index contributed by atoms with van der Waals surface area (Å²) >= 11 is 0. The fourth-order valence-electron chi connectivity index (χ4n) is 3.99. The number of carbonyl (C=O) groups is 2. The van der Waals surface area contributed by atoms with Crippen LogP contribution in [0.3, 0.4) is 0 Å². The Balaban J connectivity index is 0.000000163. The number of carbonyl (C=O) groups excluding carboxylic acids is 2. The number of methoxy groups -OCH3 is 1. The van der Waals surface area contributed by atoms with E-state index in [9.17, 15) is 9.59 Å². The Morgan fingerprint density at radius 1 is 1.43 bits per heavy atom. The summed E-state index contributed by atoms with van der Waals surface area (Å²) in [7, 11) is 1.42. The van der Waals surface area contributed by atoms with Crippen molar-refractivity contribution in [3.05, 3.63) is 0 Å². The van der Waals surface area contributed by atoms with Gasteiger partial charge in [-0.15, -0.1) is 0 Å². The van der Waals surface area contributed by atoms with Gasteiger partial charge >= 0.3 is 11.9 Å². The van der Waals surface area contributed by atoms with Crippen LogP contribution in [0.2, 0.25) is 0 Å². The zero-order valence-corrected chi connectivity index (χ0v) is 14.1. The highest BCUT2D eigenvalue weighted by Crippen LogP contribution is 2.63. The van der Waals surface area contributed by atoms with Crippen molar-refractivity contribution in [2.45, 2.75) is 60.0 Å². The number of hydrogen-bond acceptors (Lipinski definition) is 4. The van der Waals surface area contributed by atoms with Crippen molar-refractivity contribution < 1.29 is 19.1 Å². The zero-order valence-electron chi connectivity index (χ0n) is 14.1. The van der Waals surface area contributed by atoms with Crippen LogP contribution < -0.4 is 0 Å². The number of esters is 2. The maximum atomic E-state index is 11.4. The van der Waals surface area contributed by atoms with Crippen molar-refractivity contribution >= 4 is 11.9 Å². The van der Waals surface area contributed by atoms with E-state index in [1.807, 2.05) is 20.8 Å². The minimum atomic E-state index is -0.311. The van der Waals surface area contributed by atoms with Gasteiger partial charge in [-0.2, -0.15) is 0 Å². The van der Waals surface area contributed by atoms with E-state index in [4.69, 9.17) is 4.74 Å². The van der Waals surface area contributed by atoms with E-state index in [-0.39, 0.29) is 29.4 Å². The molecule has 21 heavy (non-hydrogen) atoms. The highest BCUT2D eigenvalue weighted by atomic mass is 16.6. The molecule has 5 atom stereocenters. The summed E-state index contributed by atoms with van der Waals surface area (Å²) in [6.07, 6.45) is 3.38. The van der Waals surface area contributed by atoms with Crippen LogP contribution in [-0.2, 0) is 19.1 Å². The van der Waals surface area contributed by atoms with E-state index in [1.165, 1.54) is 13.5 Å². The molecule has 2 aliphatic carbocycles. The minimum absolute atomic E-state index is 0.0816. The lowest BCUT2D eigenvalue weighted by Crippen LogP contribution is -2.29. The van der Waals surface area contributed by atoms with Gasteiger partial charge in [-0.25, -0.2) is 0 Å². The Kier molecular flexibility index (Phi) is 4.11. The average molecular weight is 296 g/mol. The highest BCUT2D eigenvalue weighted by molar-refractivity contribution is 5.77. The van der Waals surface area contributed by atoms with Gasteiger partial charge in [0.2, 0.25) is 0 Å². The van der Waals surface area contributed by atoms with E-state index in [0.29, 0.717) is 17.3 Å². The van der Waals surface area contributed by atoms with Crippen LogP contribution >= 0.6 is 0 Å². The molecule has 0 aromatic heterocycles. The molecule has 5 unspecified atom stereocenters. The summed E-state index contributed by atoms with van der Waals surface area (Å²) in [5.41, 5.74) is 0.0981. The fourth-order valence-corrected chi connectivity index (χ4v) is 3.99. The molecule has 3 fully saturated rings. The van der Waals surface area contributed by atoms with Crippen LogP contribution in [0.1, 0.15) is 53.9 Å². The zero-order chi connectivity index (χ0) is 16.0. The maximum absolute atomic E-state index is 11.4. The lowest BCUT2D eigenvalue weighted by atomic mass is 9.74. The third kappa shape index (κ3) is 2.58. The second kappa shape index (κ2) is 5.29. The lowest BCUT2D eigenvalue weighted by Gasteiger charge is -2.29. The van der Waals surface area contributed by atoms with E-state index in [1.54, 1.807) is 0 Å². The Bertz CT molecular complexity index is 442. The molecule has 1 heterocycles. The van der Waals surface area contributed by atoms with Crippen molar-refractivity contribution in [1.82, 2.24) is 0 Å². The SMILES string of the molecule is CC1C2OC(=O)C3CC1(C)CC32.CCC(C)(C)C(=O)OC. The molecule has 0 aromatic carbocycles. The first-order valence-corrected chi connectivity index (χ1v) is 7.95. The molecule has 3 aliphatic rings. The van der Waals surface area contributed by atoms with Crippen molar-refractivity contribution in [1.29, 1.82) is 0 Å². The molecule has 4 nitrogen and oxygen atoms in total. The molecule has 120 valence electrons. The van der Waals surface area contributed by atoms with Crippen molar-refractivity contribution in [3.8, 4) is 0 Å². The molecule has 3 rings (SSSR count). The topological polar surface area (TPSA) is 52.6 Å². The second-order valence-electron chi connectivity index (χ2n) is 7.75. The Labute approximate surface area is 127 Å². The van der Waals surface area contributed by atoms with Gasteiger partial charge in [-0.05, 0) is 44.4 Å². The molecule has 2 saturated carbocycles. The van der Waals surface area contributed by atoms with Gasteiger partial charge in [0.05, 0.1) is 18.4 Å². The normalized spacial score (nSPS) is 39.6. The Morgan fingerprint density at radius 2 is 2.05 bits per heavy atom. The van der Waals surface area contributed by atoms with E-state index < -0.39 is 0 Å². The third-order valence-electron chi connectivity index (χ3n) is 6.10. The molecule has 1 saturated heterocycles. The van der Waals surface area contributed by atoms with Gasteiger partial charge in [-0.1, -0.05) is 20.8 Å². The number of ether oxygens (including phenoxy) is 2. The number of hydrogen-bond donors (Lipinski definition) is 0. The summed E-state index contributed by atoms with van der Waals surface area (Å²) in [5, 5.41) is 0. The predicted octanol–water partition coefficient (Wildman–Crippen LogP) is 3.19. The summed E-state index contributed by atoms with van der Waals surface area (Å²) in [4.78, 5) is 22.2. The Hall–Kier alpha value is -1.06. The summed E-state index contributed by atoms with van der Waals surface area (Å²) in [5.74, 6) is 1.36. The summed E-state index contributed by atoms with van der Waals surface area (Å²) in [6, 6.07) is 0. The summed E-state index contributed by atoms with van der Waals surface area (Å²) in [6.45, 7) is 10.3. The molecule has 0 amide bonds. The summed E-state index contributed by atoms with van der Waals surface area (Å²) < 4.78 is 9.94. The van der Waals surface area contributed by atoms with E-state index >= 15 is 0 Å². The molecule has 0 aromatic rings. The smallest absolute Gasteiger partial charge is 0.311 e. The van der Waals surface area contributed by atoms with Crippen LogP contribution in [0.15, 0.2) is 0 Å². The molecule has 2 bridgehead atoms. The minimum Gasteiger partial charge on any atom is -0.469 e. The first-order valence-electron chi connectivity index (χ1n) is 7.95. The molecular formula is C17H28O4. The highest BCUT2D eigenvalue weighted by Gasteiger charge is 2.65. The quantitative estimate of drug-likeness (QED) is 0.734. The lowest BCUT2D eigenvalue weighted by molar-refractivity contribution is -0.150. The first kappa shape index (κ1) is 16.3. The molecule has 0 N–H and O–H groups in total. The van der Waals surface area contributed by atoms with Gasteiger partial charge in [0.1, 0.15) is 6.10 Å². The van der Waals surface area contributed by atoms with E-state index in [2.05, 4.69) is 18.6 Å². The van der Waals surface area contributed by atoms with Crippen LogP contribution in [0, 0.1) is 28.6 Å². The Morgan fingerprint density at radius 3 is 2.43 bits per heavy atom. The number of rotatable bonds is 2. The molecule has 4 heteroatoms. The van der Waals surface area contributed by atoms with Crippen LogP contribution in [-0.4, -0.2) is 25.2 Å². The molecule has 1 aliphatic heterocycles. The monoisotopic (exact) mass is 296 g/mol. The van der Waals surface area contributed by atoms with Gasteiger partial charge in [0, 0.05) is 5.92 Å². The first-order chi connectivity index (χ1) is 9.66. The van der Waals surface area contributed by atoms with Crippen LogP contribution in [0.5, 0.6) is 0 Å². The maximum Gasteiger partial charge on any atom is 0.311 e. The van der Waals surface area contributed by atoms with Gasteiger partial charge in [0.25, 0.3) is 0 Å².